The molecule has 148 valence electrons. The number of benzene rings is 1. The van der Waals surface area contributed by atoms with Gasteiger partial charge in [0.05, 0.1) is 25.1 Å². The Bertz CT molecular complexity index is 946. The van der Waals surface area contributed by atoms with Crippen LogP contribution in [0.15, 0.2) is 48.8 Å². The van der Waals surface area contributed by atoms with E-state index in [0.717, 1.165) is 23.7 Å². The van der Waals surface area contributed by atoms with Gasteiger partial charge in [-0.3, -0.25) is 19.2 Å². The molecule has 9 nitrogen and oxygen atoms in total. The first-order valence-corrected chi connectivity index (χ1v) is 10.3. The van der Waals surface area contributed by atoms with E-state index < -0.39 is 21.5 Å². The average Bonchev–Trinajstić information content (AvgIpc) is 3.07. The number of carbonyl (C=O) groups excluding carboxylic acids is 1. The molecule has 3 heterocycles. The SMILES string of the molecule is O=C1CN(c2ccc(N3CCOCC3)cc2)C(S(=O)(=O)O)N1c1cccnc1. The number of carbonyl (C=O) groups is 1. The standard InChI is InChI=1S/C18H20N4O5S/c23-17-13-21(15-5-3-14(4-6-15)20-8-10-27-11-9-20)18(28(24,25)26)22(17)16-2-1-7-19-12-16/h1-7,12,18H,8-11,13H2,(H,24,25,26). The number of hydrogen-bond donors (Lipinski definition) is 1. The van der Waals surface area contributed by atoms with E-state index in [-0.39, 0.29) is 6.54 Å². The van der Waals surface area contributed by atoms with Crippen LogP contribution in [0.5, 0.6) is 0 Å². The third-order valence-electron chi connectivity index (χ3n) is 4.81. The lowest BCUT2D eigenvalue weighted by molar-refractivity contribution is -0.116. The van der Waals surface area contributed by atoms with Gasteiger partial charge in [-0.2, -0.15) is 8.42 Å². The van der Waals surface area contributed by atoms with Crippen LogP contribution in [0.1, 0.15) is 0 Å². The second-order valence-electron chi connectivity index (χ2n) is 6.56. The summed E-state index contributed by atoms with van der Waals surface area (Å²) >= 11 is 0. The number of morpholine rings is 1. The monoisotopic (exact) mass is 404 g/mol. The quantitative estimate of drug-likeness (QED) is 0.751. The van der Waals surface area contributed by atoms with E-state index in [1.165, 1.54) is 17.3 Å². The van der Waals surface area contributed by atoms with E-state index in [2.05, 4.69) is 9.88 Å². The van der Waals surface area contributed by atoms with Crippen molar-refractivity contribution in [3.63, 3.8) is 0 Å². The summed E-state index contributed by atoms with van der Waals surface area (Å²) in [6.45, 7) is 2.71. The van der Waals surface area contributed by atoms with E-state index in [9.17, 15) is 17.8 Å². The van der Waals surface area contributed by atoms with Crippen LogP contribution < -0.4 is 14.7 Å². The van der Waals surface area contributed by atoms with Crippen molar-refractivity contribution >= 4 is 33.1 Å². The highest BCUT2D eigenvalue weighted by molar-refractivity contribution is 7.86. The van der Waals surface area contributed by atoms with Gasteiger partial charge in [-0.1, -0.05) is 0 Å². The fraction of sp³-hybridized carbons (Fsp3) is 0.333. The molecule has 4 rings (SSSR count). The minimum atomic E-state index is -4.58. The Hall–Kier alpha value is -2.69. The molecule has 0 aliphatic carbocycles. The van der Waals surface area contributed by atoms with Gasteiger partial charge in [0.2, 0.25) is 11.4 Å². The summed E-state index contributed by atoms with van der Waals surface area (Å²) in [5.41, 5.74) is 0.283. The first-order chi connectivity index (χ1) is 13.4. The summed E-state index contributed by atoms with van der Waals surface area (Å²) in [7, 11) is -4.58. The van der Waals surface area contributed by atoms with Crippen LogP contribution in [0.3, 0.4) is 0 Å². The van der Waals surface area contributed by atoms with Crippen molar-refractivity contribution in [2.75, 3.05) is 47.5 Å². The van der Waals surface area contributed by atoms with Crippen LogP contribution in [0, 0.1) is 0 Å². The number of aromatic nitrogens is 1. The molecule has 1 amide bonds. The average molecular weight is 404 g/mol. The van der Waals surface area contributed by atoms with Gasteiger partial charge in [0.25, 0.3) is 0 Å². The summed E-state index contributed by atoms with van der Waals surface area (Å²) in [5.74, 6) is -0.437. The second-order valence-corrected chi connectivity index (χ2v) is 8.01. The van der Waals surface area contributed by atoms with Crippen molar-refractivity contribution in [3.05, 3.63) is 48.8 Å². The number of ether oxygens (including phenoxy) is 1. The maximum Gasteiger partial charge on any atom is 0.306 e. The zero-order chi connectivity index (χ0) is 19.7. The molecule has 1 unspecified atom stereocenters. The summed E-state index contributed by atoms with van der Waals surface area (Å²) in [6.07, 6.45) is 2.91. The Kier molecular flexibility index (Phi) is 4.92. The molecule has 10 heteroatoms. The summed E-state index contributed by atoms with van der Waals surface area (Å²) in [5, 5.41) is 0. The minimum absolute atomic E-state index is 0.170. The zero-order valence-corrected chi connectivity index (χ0v) is 15.8. The fourth-order valence-corrected chi connectivity index (χ4v) is 4.54. The van der Waals surface area contributed by atoms with Gasteiger partial charge in [0, 0.05) is 30.7 Å². The fourth-order valence-electron chi connectivity index (χ4n) is 3.52. The molecular weight excluding hydrogens is 384 g/mol. The first kappa shape index (κ1) is 18.7. The molecule has 0 spiro atoms. The van der Waals surface area contributed by atoms with Crippen molar-refractivity contribution in [2.45, 2.75) is 5.50 Å². The maximum absolute atomic E-state index is 12.6. The lowest BCUT2D eigenvalue weighted by atomic mass is 10.2. The predicted molar refractivity (Wildman–Crippen MR) is 104 cm³/mol. The molecule has 2 aromatic rings. The topological polar surface area (TPSA) is 103 Å². The van der Waals surface area contributed by atoms with Gasteiger partial charge >= 0.3 is 10.1 Å². The van der Waals surface area contributed by atoms with Gasteiger partial charge in [-0.05, 0) is 36.4 Å². The summed E-state index contributed by atoms with van der Waals surface area (Å²) < 4.78 is 39.5. The van der Waals surface area contributed by atoms with Crippen LogP contribution in [0.2, 0.25) is 0 Å². The largest absolute Gasteiger partial charge is 0.378 e. The molecule has 1 aromatic carbocycles. The summed E-state index contributed by atoms with van der Waals surface area (Å²) in [6, 6.07) is 10.4. The number of rotatable bonds is 4. The molecule has 2 aliphatic rings. The first-order valence-electron chi connectivity index (χ1n) is 8.83. The van der Waals surface area contributed by atoms with Crippen molar-refractivity contribution in [1.29, 1.82) is 0 Å². The highest BCUT2D eigenvalue weighted by atomic mass is 32.2. The molecule has 2 aliphatic heterocycles. The Morgan fingerprint density at radius 1 is 1.04 bits per heavy atom. The van der Waals surface area contributed by atoms with Crippen LogP contribution >= 0.6 is 0 Å². The number of amides is 1. The number of hydrogen-bond acceptors (Lipinski definition) is 7. The Balaban J connectivity index is 1.65. The maximum atomic E-state index is 12.6. The third kappa shape index (κ3) is 3.53. The highest BCUT2D eigenvalue weighted by Crippen LogP contribution is 2.32. The van der Waals surface area contributed by atoms with Crippen LogP contribution in [0.25, 0.3) is 0 Å². The molecule has 0 radical (unpaired) electrons. The van der Waals surface area contributed by atoms with Gasteiger partial charge < -0.3 is 14.5 Å². The van der Waals surface area contributed by atoms with Crippen molar-refractivity contribution in [2.24, 2.45) is 0 Å². The Morgan fingerprint density at radius 2 is 1.71 bits per heavy atom. The van der Waals surface area contributed by atoms with Crippen LogP contribution in [-0.4, -0.2) is 62.2 Å². The molecule has 2 saturated heterocycles. The van der Waals surface area contributed by atoms with E-state index in [4.69, 9.17) is 4.74 Å². The normalized spacial score (nSPS) is 20.7. The molecule has 0 saturated carbocycles. The van der Waals surface area contributed by atoms with E-state index in [1.54, 1.807) is 24.3 Å². The summed E-state index contributed by atoms with van der Waals surface area (Å²) in [4.78, 5) is 21.1. The van der Waals surface area contributed by atoms with Crippen LogP contribution in [-0.2, 0) is 19.6 Å². The number of pyridine rings is 1. The van der Waals surface area contributed by atoms with E-state index in [1.807, 2.05) is 12.1 Å². The van der Waals surface area contributed by atoms with Crippen LogP contribution in [0.4, 0.5) is 17.1 Å². The molecule has 1 aromatic heterocycles. The highest BCUT2D eigenvalue weighted by Gasteiger charge is 2.46. The van der Waals surface area contributed by atoms with Crippen molar-refractivity contribution in [3.8, 4) is 0 Å². The molecular formula is C18H20N4O5S. The third-order valence-corrected chi connectivity index (χ3v) is 5.81. The predicted octanol–water partition coefficient (Wildman–Crippen LogP) is 0.943. The van der Waals surface area contributed by atoms with E-state index >= 15 is 0 Å². The minimum Gasteiger partial charge on any atom is -0.378 e. The van der Waals surface area contributed by atoms with Gasteiger partial charge in [0.1, 0.15) is 6.54 Å². The van der Waals surface area contributed by atoms with Gasteiger partial charge in [-0.15, -0.1) is 0 Å². The van der Waals surface area contributed by atoms with Gasteiger partial charge in [-0.25, -0.2) is 0 Å². The Morgan fingerprint density at radius 3 is 2.32 bits per heavy atom. The second kappa shape index (κ2) is 7.38. The lowest BCUT2D eigenvalue weighted by Gasteiger charge is -2.30. The van der Waals surface area contributed by atoms with Gasteiger partial charge in [0.15, 0.2) is 0 Å². The lowest BCUT2D eigenvalue weighted by Crippen LogP contribution is -2.46. The smallest absolute Gasteiger partial charge is 0.306 e. The molecule has 0 bridgehead atoms. The van der Waals surface area contributed by atoms with Crippen molar-refractivity contribution < 1.29 is 22.5 Å². The molecule has 28 heavy (non-hydrogen) atoms. The van der Waals surface area contributed by atoms with Crippen molar-refractivity contribution in [1.82, 2.24) is 4.98 Å². The molecule has 2 fully saturated rings. The van der Waals surface area contributed by atoms with E-state index in [0.29, 0.717) is 24.6 Å². The Labute approximate surface area is 162 Å². The molecule has 1 N–H and O–H groups in total. The number of anilines is 3. The number of nitrogens with zero attached hydrogens (tertiary/aromatic N) is 4. The molecule has 1 atom stereocenters. The zero-order valence-electron chi connectivity index (χ0n) is 15.0.